The highest BCUT2D eigenvalue weighted by atomic mass is 16.3. The number of hydrogen-bond donors (Lipinski definition) is 1. The first-order chi connectivity index (χ1) is 15.6. The molecule has 1 aromatic carbocycles. The third-order valence-corrected chi connectivity index (χ3v) is 5.36. The lowest BCUT2D eigenvalue weighted by molar-refractivity contribution is 0.0952. The Morgan fingerprint density at radius 2 is 2.03 bits per heavy atom. The minimum Gasteiger partial charge on any atom is -0.463 e. The zero-order chi connectivity index (χ0) is 22.1. The van der Waals surface area contributed by atoms with Gasteiger partial charge >= 0.3 is 0 Å². The summed E-state index contributed by atoms with van der Waals surface area (Å²) in [5.74, 6) is 0.424. The Balaban J connectivity index is 1.42. The van der Waals surface area contributed by atoms with Crippen molar-refractivity contribution >= 4 is 16.9 Å². The molecule has 0 unspecified atom stereocenters. The van der Waals surface area contributed by atoms with Gasteiger partial charge in [-0.1, -0.05) is 24.3 Å². The van der Waals surface area contributed by atoms with Gasteiger partial charge in [0, 0.05) is 32.5 Å². The molecule has 5 aromatic rings. The van der Waals surface area contributed by atoms with Crippen molar-refractivity contribution in [3.8, 4) is 11.5 Å². The number of nitrogens with one attached hydrogen (secondary N) is 1. The number of carbonyl (C=O) groups excluding carboxylic acids is 1. The van der Waals surface area contributed by atoms with E-state index in [-0.39, 0.29) is 5.91 Å². The number of hydrogen-bond acceptors (Lipinski definition) is 5. The number of benzene rings is 1. The Morgan fingerprint density at radius 3 is 2.81 bits per heavy atom. The fourth-order valence-corrected chi connectivity index (χ4v) is 3.88. The molecule has 0 bridgehead atoms. The van der Waals surface area contributed by atoms with Crippen LogP contribution < -0.4 is 5.32 Å². The van der Waals surface area contributed by atoms with E-state index in [1.54, 1.807) is 35.6 Å². The van der Waals surface area contributed by atoms with E-state index >= 15 is 0 Å². The van der Waals surface area contributed by atoms with Crippen molar-refractivity contribution in [3.63, 3.8) is 0 Å². The van der Waals surface area contributed by atoms with Gasteiger partial charge in [-0.05, 0) is 36.2 Å². The maximum atomic E-state index is 13.2. The van der Waals surface area contributed by atoms with Crippen molar-refractivity contribution in [2.75, 3.05) is 0 Å². The van der Waals surface area contributed by atoms with Gasteiger partial charge in [0.15, 0.2) is 11.4 Å². The molecular formula is C24H22N6O2. The van der Waals surface area contributed by atoms with Gasteiger partial charge in [-0.2, -0.15) is 5.10 Å². The van der Waals surface area contributed by atoms with Crippen molar-refractivity contribution in [2.45, 2.75) is 20.0 Å². The third kappa shape index (κ3) is 3.78. The monoisotopic (exact) mass is 426 g/mol. The van der Waals surface area contributed by atoms with Crippen molar-refractivity contribution in [3.05, 3.63) is 89.8 Å². The predicted molar refractivity (Wildman–Crippen MR) is 120 cm³/mol. The summed E-state index contributed by atoms with van der Waals surface area (Å²) in [6, 6.07) is 13.5. The quantitative estimate of drug-likeness (QED) is 0.447. The Hall–Kier alpha value is -4.20. The van der Waals surface area contributed by atoms with E-state index < -0.39 is 0 Å². The van der Waals surface area contributed by atoms with Gasteiger partial charge in [0.05, 0.1) is 29.2 Å². The standard InChI is InChI=1S/C24H22N6O2/c1-16-22-19(12-20(21-7-4-10-32-21)27-23(22)29(2)28-16)24(31)26-13-17-5-3-6-18(11-17)14-30-9-8-25-15-30/h3-12,15H,13-14H2,1-2H3,(H,26,31). The van der Waals surface area contributed by atoms with Crippen LogP contribution in [0.4, 0.5) is 0 Å². The van der Waals surface area contributed by atoms with E-state index in [9.17, 15) is 4.79 Å². The number of imidazole rings is 1. The van der Waals surface area contributed by atoms with E-state index in [0.717, 1.165) is 28.8 Å². The van der Waals surface area contributed by atoms with E-state index in [1.807, 2.05) is 42.9 Å². The van der Waals surface area contributed by atoms with Gasteiger partial charge in [0.1, 0.15) is 5.69 Å². The summed E-state index contributed by atoms with van der Waals surface area (Å²) in [4.78, 5) is 22.0. The van der Waals surface area contributed by atoms with Crippen LogP contribution >= 0.6 is 0 Å². The lowest BCUT2D eigenvalue weighted by atomic mass is 10.1. The molecule has 32 heavy (non-hydrogen) atoms. The second-order valence-electron chi connectivity index (χ2n) is 7.68. The minimum atomic E-state index is -0.179. The Bertz CT molecular complexity index is 1380. The van der Waals surface area contributed by atoms with E-state index in [2.05, 4.69) is 32.5 Å². The molecule has 0 aliphatic carbocycles. The van der Waals surface area contributed by atoms with E-state index in [1.165, 1.54) is 0 Å². The van der Waals surface area contributed by atoms with Gasteiger partial charge in [-0.3, -0.25) is 9.48 Å². The average Bonchev–Trinajstić information content (AvgIpc) is 3.55. The number of amides is 1. The van der Waals surface area contributed by atoms with Gasteiger partial charge < -0.3 is 14.3 Å². The summed E-state index contributed by atoms with van der Waals surface area (Å²) in [7, 11) is 1.82. The minimum absolute atomic E-state index is 0.179. The number of rotatable bonds is 6. The Morgan fingerprint density at radius 1 is 1.16 bits per heavy atom. The molecule has 0 radical (unpaired) electrons. The van der Waals surface area contributed by atoms with Crippen molar-refractivity contribution < 1.29 is 9.21 Å². The topological polar surface area (TPSA) is 90.8 Å². The van der Waals surface area contributed by atoms with Crippen LogP contribution in [-0.2, 0) is 20.1 Å². The van der Waals surface area contributed by atoms with Gasteiger partial charge in [-0.25, -0.2) is 9.97 Å². The highest BCUT2D eigenvalue weighted by Gasteiger charge is 2.20. The molecule has 0 saturated heterocycles. The van der Waals surface area contributed by atoms with Crippen LogP contribution in [0.3, 0.4) is 0 Å². The summed E-state index contributed by atoms with van der Waals surface area (Å²) < 4.78 is 9.20. The smallest absolute Gasteiger partial charge is 0.252 e. The maximum absolute atomic E-state index is 13.2. The zero-order valence-electron chi connectivity index (χ0n) is 17.8. The van der Waals surface area contributed by atoms with Gasteiger partial charge in [0.25, 0.3) is 5.91 Å². The molecule has 0 aliphatic heterocycles. The summed E-state index contributed by atoms with van der Waals surface area (Å²) in [6.45, 7) is 3.02. The maximum Gasteiger partial charge on any atom is 0.252 e. The number of aromatic nitrogens is 5. The summed E-state index contributed by atoms with van der Waals surface area (Å²) in [5.41, 5.74) is 4.69. The molecule has 1 amide bonds. The molecule has 0 saturated carbocycles. The first kappa shape index (κ1) is 19.7. The van der Waals surface area contributed by atoms with Crippen LogP contribution in [0, 0.1) is 6.92 Å². The molecule has 160 valence electrons. The summed E-state index contributed by atoms with van der Waals surface area (Å²) in [6.07, 6.45) is 7.06. The largest absolute Gasteiger partial charge is 0.463 e. The van der Waals surface area contributed by atoms with E-state index in [4.69, 9.17) is 4.42 Å². The van der Waals surface area contributed by atoms with Crippen molar-refractivity contribution in [1.29, 1.82) is 0 Å². The van der Waals surface area contributed by atoms with Gasteiger partial charge in [0.2, 0.25) is 0 Å². The first-order valence-electron chi connectivity index (χ1n) is 10.3. The zero-order valence-corrected chi connectivity index (χ0v) is 17.8. The lowest BCUT2D eigenvalue weighted by Crippen LogP contribution is -2.23. The van der Waals surface area contributed by atoms with Crippen LogP contribution in [-0.4, -0.2) is 30.2 Å². The molecule has 0 atom stereocenters. The van der Waals surface area contributed by atoms with Crippen molar-refractivity contribution in [1.82, 2.24) is 29.6 Å². The van der Waals surface area contributed by atoms with Crippen LogP contribution in [0.5, 0.6) is 0 Å². The number of pyridine rings is 1. The highest BCUT2D eigenvalue weighted by molar-refractivity contribution is 6.07. The Labute approximate surface area is 184 Å². The summed E-state index contributed by atoms with van der Waals surface area (Å²) in [5, 5.41) is 8.25. The molecule has 8 nitrogen and oxygen atoms in total. The normalized spacial score (nSPS) is 11.2. The number of fused-ring (bicyclic) bond motifs is 1. The number of furan rings is 1. The molecule has 4 heterocycles. The highest BCUT2D eigenvalue weighted by Crippen LogP contribution is 2.27. The number of aryl methyl sites for hydroxylation is 2. The summed E-state index contributed by atoms with van der Waals surface area (Å²) >= 11 is 0. The van der Waals surface area contributed by atoms with Gasteiger partial charge in [-0.15, -0.1) is 0 Å². The molecule has 0 spiro atoms. The van der Waals surface area contributed by atoms with Crippen LogP contribution in [0.15, 0.2) is 71.9 Å². The van der Waals surface area contributed by atoms with E-state index in [0.29, 0.717) is 29.2 Å². The van der Waals surface area contributed by atoms with Crippen LogP contribution in [0.2, 0.25) is 0 Å². The molecule has 0 aliphatic rings. The second-order valence-corrected chi connectivity index (χ2v) is 7.68. The molecule has 5 rings (SSSR count). The van der Waals surface area contributed by atoms with Crippen molar-refractivity contribution in [2.24, 2.45) is 7.05 Å². The number of carbonyl (C=O) groups is 1. The molecule has 1 N–H and O–H groups in total. The average molecular weight is 426 g/mol. The molecule has 8 heteroatoms. The first-order valence-corrected chi connectivity index (χ1v) is 10.3. The van der Waals surface area contributed by atoms with Crippen LogP contribution in [0.1, 0.15) is 27.2 Å². The second kappa shape index (κ2) is 8.14. The molecule has 0 fully saturated rings. The Kier molecular flexibility index (Phi) is 5.03. The predicted octanol–water partition coefficient (Wildman–Crippen LogP) is 3.71. The SMILES string of the molecule is Cc1nn(C)c2nc(-c3ccco3)cc(C(=O)NCc3cccc(Cn4ccnc4)c3)c12. The fraction of sp³-hybridized carbons (Fsp3) is 0.167. The van der Waals surface area contributed by atoms with Crippen LogP contribution in [0.25, 0.3) is 22.5 Å². The number of nitrogens with zero attached hydrogens (tertiary/aromatic N) is 5. The lowest BCUT2D eigenvalue weighted by Gasteiger charge is -2.10. The third-order valence-electron chi connectivity index (χ3n) is 5.36. The molecule has 4 aromatic heterocycles. The molecular weight excluding hydrogens is 404 g/mol. The fourth-order valence-electron chi connectivity index (χ4n) is 3.88.